The summed E-state index contributed by atoms with van der Waals surface area (Å²) in [5.41, 5.74) is 4.98. The van der Waals surface area contributed by atoms with Crippen molar-refractivity contribution in [1.29, 1.82) is 0 Å². The molecule has 9 heteroatoms. The molecule has 1 atom stereocenters. The molecule has 0 radical (unpaired) electrons. The zero-order valence-corrected chi connectivity index (χ0v) is 29.7. The summed E-state index contributed by atoms with van der Waals surface area (Å²) in [5, 5.41) is 14.5. The summed E-state index contributed by atoms with van der Waals surface area (Å²) in [4.78, 5) is 46.4. The van der Waals surface area contributed by atoms with Crippen LogP contribution in [0.5, 0.6) is 5.75 Å². The van der Waals surface area contributed by atoms with Crippen LogP contribution in [0.1, 0.15) is 94.1 Å². The van der Waals surface area contributed by atoms with Crippen LogP contribution in [0.3, 0.4) is 0 Å². The van der Waals surface area contributed by atoms with Crippen molar-refractivity contribution in [3.63, 3.8) is 0 Å². The first-order chi connectivity index (χ1) is 24.0. The highest BCUT2D eigenvalue weighted by atomic mass is 16.5. The van der Waals surface area contributed by atoms with Gasteiger partial charge in [0.25, 0.3) is 5.91 Å². The monoisotopic (exact) mass is 678 g/mol. The van der Waals surface area contributed by atoms with Crippen LogP contribution in [-0.2, 0) is 21.4 Å². The van der Waals surface area contributed by atoms with Crippen LogP contribution in [0.15, 0.2) is 85.2 Å². The number of aliphatic carboxylic acids is 1. The molecule has 4 rings (SSSR count). The van der Waals surface area contributed by atoms with Crippen molar-refractivity contribution in [3.8, 4) is 28.3 Å². The highest BCUT2D eigenvalue weighted by Crippen LogP contribution is 2.24. The summed E-state index contributed by atoms with van der Waals surface area (Å²) >= 11 is 0. The van der Waals surface area contributed by atoms with Crippen LogP contribution in [0.4, 0.5) is 0 Å². The van der Waals surface area contributed by atoms with E-state index < -0.39 is 17.9 Å². The first-order valence-electron chi connectivity index (χ1n) is 17.6. The molecule has 0 saturated heterocycles. The Bertz CT molecular complexity index is 1660. The minimum Gasteiger partial charge on any atom is -0.494 e. The summed E-state index contributed by atoms with van der Waals surface area (Å²) in [7, 11) is 0. The van der Waals surface area contributed by atoms with E-state index in [1.807, 2.05) is 60.7 Å². The minimum atomic E-state index is -1.02. The molecule has 264 valence electrons. The number of nitrogens with zero attached hydrogens (tertiary/aromatic N) is 2. The molecule has 9 nitrogen and oxygen atoms in total. The SMILES string of the molecule is CCCCCCCCOc1ccc(-c2cnc(-c3ccc(C[C@H](NC(=O)c4ccc(C(C)(C)C)cc4)C(=O)NCCC(=O)O)cc3)nc2)cc1. The van der Waals surface area contributed by atoms with E-state index in [1.165, 1.54) is 32.1 Å². The Morgan fingerprint density at radius 1 is 0.780 bits per heavy atom. The van der Waals surface area contributed by atoms with Crippen molar-refractivity contribution in [2.45, 2.75) is 90.5 Å². The molecule has 0 spiro atoms. The van der Waals surface area contributed by atoms with Crippen molar-refractivity contribution in [1.82, 2.24) is 20.6 Å². The van der Waals surface area contributed by atoms with E-state index in [-0.39, 0.29) is 30.7 Å². The van der Waals surface area contributed by atoms with Gasteiger partial charge in [-0.2, -0.15) is 0 Å². The van der Waals surface area contributed by atoms with Crippen molar-refractivity contribution < 1.29 is 24.2 Å². The second-order valence-electron chi connectivity index (χ2n) is 13.6. The molecule has 0 aliphatic rings. The van der Waals surface area contributed by atoms with Crippen molar-refractivity contribution in [2.75, 3.05) is 13.2 Å². The van der Waals surface area contributed by atoms with E-state index in [4.69, 9.17) is 9.84 Å². The van der Waals surface area contributed by atoms with Gasteiger partial charge in [0.1, 0.15) is 11.8 Å². The average molecular weight is 679 g/mol. The number of amides is 2. The zero-order valence-electron chi connectivity index (χ0n) is 29.7. The molecule has 2 amide bonds. The lowest BCUT2D eigenvalue weighted by Gasteiger charge is -2.20. The molecule has 3 N–H and O–H groups in total. The topological polar surface area (TPSA) is 131 Å². The summed E-state index contributed by atoms with van der Waals surface area (Å²) in [6, 6.07) is 21.9. The maximum atomic E-state index is 13.2. The van der Waals surface area contributed by atoms with Gasteiger partial charge < -0.3 is 20.5 Å². The summed E-state index contributed by atoms with van der Waals surface area (Å²) in [6.07, 6.45) is 11.0. The maximum absolute atomic E-state index is 13.2. The third kappa shape index (κ3) is 11.8. The quantitative estimate of drug-likeness (QED) is 0.0917. The molecule has 1 heterocycles. The Balaban J connectivity index is 1.36. The normalized spacial score (nSPS) is 11.8. The standard InChI is InChI=1S/C41H50N4O5/c1-5-6-7-8-9-10-25-50-35-21-17-30(18-22-35)33-27-43-38(44-28-33)31-13-11-29(12-14-31)26-36(40(49)42-24-23-37(46)47)45-39(48)32-15-19-34(20-16-32)41(2,3)4/h11-22,27-28,36H,5-10,23-26H2,1-4H3,(H,42,49)(H,45,48)(H,46,47)/t36-/m0/s1. The van der Waals surface area contributed by atoms with Crippen molar-refractivity contribution in [2.24, 2.45) is 0 Å². The molecule has 4 aromatic rings. The van der Waals surface area contributed by atoms with Gasteiger partial charge in [0.05, 0.1) is 13.0 Å². The molecular formula is C41H50N4O5. The number of carboxylic acid groups (broad SMARTS) is 1. The third-order valence-electron chi connectivity index (χ3n) is 8.53. The summed E-state index contributed by atoms with van der Waals surface area (Å²) in [6.45, 7) is 9.21. The van der Waals surface area contributed by atoms with Gasteiger partial charge in [-0.05, 0) is 52.8 Å². The van der Waals surface area contributed by atoms with Gasteiger partial charge in [-0.25, -0.2) is 9.97 Å². The van der Waals surface area contributed by atoms with Crippen LogP contribution in [0.25, 0.3) is 22.5 Å². The Morgan fingerprint density at radius 2 is 1.40 bits per heavy atom. The average Bonchev–Trinajstić information content (AvgIpc) is 3.11. The first kappa shape index (κ1) is 37.8. The summed E-state index contributed by atoms with van der Waals surface area (Å²) < 4.78 is 5.91. The van der Waals surface area contributed by atoms with E-state index >= 15 is 0 Å². The Hall–Kier alpha value is -5.05. The minimum absolute atomic E-state index is 0.0374. The Kier molecular flexibility index (Phi) is 14.1. The fourth-order valence-electron chi connectivity index (χ4n) is 5.46. The number of hydrogen-bond donors (Lipinski definition) is 3. The van der Waals surface area contributed by atoms with E-state index in [0.29, 0.717) is 11.4 Å². The molecule has 0 unspecified atom stereocenters. The largest absolute Gasteiger partial charge is 0.494 e. The number of ether oxygens (including phenoxy) is 1. The first-order valence-corrected chi connectivity index (χ1v) is 17.6. The van der Waals surface area contributed by atoms with Crippen LogP contribution in [0, 0.1) is 0 Å². The van der Waals surface area contributed by atoms with E-state index in [1.54, 1.807) is 24.5 Å². The number of carboxylic acids is 1. The third-order valence-corrected chi connectivity index (χ3v) is 8.53. The number of unbranched alkanes of at least 4 members (excludes halogenated alkanes) is 5. The van der Waals surface area contributed by atoms with Gasteiger partial charge in [0.2, 0.25) is 5.91 Å². The summed E-state index contributed by atoms with van der Waals surface area (Å²) in [5.74, 6) is -0.434. The smallest absolute Gasteiger partial charge is 0.305 e. The van der Waals surface area contributed by atoms with Gasteiger partial charge in [0, 0.05) is 42.0 Å². The fourth-order valence-corrected chi connectivity index (χ4v) is 5.46. The molecule has 0 bridgehead atoms. The number of carbonyl (C=O) groups is 3. The predicted octanol–water partition coefficient (Wildman–Crippen LogP) is 7.78. The molecular weight excluding hydrogens is 628 g/mol. The predicted molar refractivity (Wildman–Crippen MR) is 197 cm³/mol. The molecule has 50 heavy (non-hydrogen) atoms. The Labute approximate surface area is 295 Å². The van der Waals surface area contributed by atoms with Gasteiger partial charge in [-0.15, -0.1) is 0 Å². The van der Waals surface area contributed by atoms with E-state index in [9.17, 15) is 14.4 Å². The molecule has 0 fully saturated rings. The van der Waals surface area contributed by atoms with Crippen molar-refractivity contribution in [3.05, 3.63) is 102 Å². The number of benzene rings is 3. The second kappa shape index (κ2) is 18.6. The highest BCUT2D eigenvalue weighted by Gasteiger charge is 2.23. The number of rotatable bonds is 18. The number of nitrogens with one attached hydrogen (secondary N) is 2. The molecule has 0 aliphatic heterocycles. The van der Waals surface area contributed by atoms with Crippen LogP contribution in [-0.4, -0.2) is 52.1 Å². The lowest BCUT2D eigenvalue weighted by Crippen LogP contribution is -2.48. The van der Waals surface area contributed by atoms with Crippen LogP contribution < -0.4 is 15.4 Å². The zero-order chi connectivity index (χ0) is 35.9. The number of hydrogen-bond acceptors (Lipinski definition) is 6. The van der Waals surface area contributed by atoms with Gasteiger partial charge >= 0.3 is 5.97 Å². The Morgan fingerprint density at radius 3 is 2.02 bits per heavy atom. The van der Waals surface area contributed by atoms with E-state index in [0.717, 1.165) is 46.6 Å². The van der Waals surface area contributed by atoms with Crippen LogP contribution >= 0.6 is 0 Å². The van der Waals surface area contributed by atoms with Crippen LogP contribution in [0.2, 0.25) is 0 Å². The fraction of sp³-hybridized carbons (Fsp3) is 0.390. The second-order valence-corrected chi connectivity index (χ2v) is 13.6. The maximum Gasteiger partial charge on any atom is 0.305 e. The molecule has 0 aliphatic carbocycles. The van der Waals surface area contributed by atoms with E-state index in [2.05, 4.69) is 48.3 Å². The van der Waals surface area contributed by atoms with Gasteiger partial charge in [-0.3, -0.25) is 14.4 Å². The number of aromatic nitrogens is 2. The highest BCUT2D eigenvalue weighted by molar-refractivity contribution is 5.97. The molecule has 3 aromatic carbocycles. The molecule has 0 saturated carbocycles. The van der Waals surface area contributed by atoms with Gasteiger partial charge in [-0.1, -0.05) is 108 Å². The lowest BCUT2D eigenvalue weighted by molar-refractivity contribution is -0.137. The number of carbonyl (C=O) groups excluding carboxylic acids is 2. The van der Waals surface area contributed by atoms with Crippen molar-refractivity contribution >= 4 is 17.8 Å². The molecule has 1 aromatic heterocycles. The lowest BCUT2D eigenvalue weighted by atomic mass is 9.86. The van der Waals surface area contributed by atoms with Gasteiger partial charge in [0.15, 0.2) is 5.82 Å².